The summed E-state index contributed by atoms with van der Waals surface area (Å²) in [5.74, 6) is 0. The van der Waals surface area contributed by atoms with Crippen molar-refractivity contribution in [2.75, 3.05) is 12.5 Å². The molecule has 3 nitrogen and oxygen atoms in total. The highest BCUT2D eigenvalue weighted by atomic mass is 35.5. The Hall–Kier alpha value is -0.390. The van der Waals surface area contributed by atoms with Gasteiger partial charge in [0, 0.05) is 5.02 Å². The Morgan fingerprint density at radius 2 is 1.71 bits per heavy atom. The Bertz CT molecular complexity index is 447. The Morgan fingerprint density at radius 3 is 2.14 bits per heavy atom. The fraction of sp³-hybridized carbons (Fsp3) is 0.250. The molecule has 0 amide bonds. The Labute approximate surface area is 91.3 Å². The first kappa shape index (κ1) is 11.7. The van der Waals surface area contributed by atoms with Gasteiger partial charge in [-0.3, -0.25) is 0 Å². The van der Waals surface area contributed by atoms with Crippen LogP contribution >= 0.6 is 11.6 Å². The van der Waals surface area contributed by atoms with Gasteiger partial charge in [0.15, 0.2) is 0 Å². The van der Waals surface area contributed by atoms with Crippen molar-refractivity contribution in [2.24, 2.45) is 3.77 Å². The lowest BCUT2D eigenvalue weighted by molar-refractivity contribution is 0.598. The second-order valence-electron chi connectivity index (χ2n) is 2.78. The molecule has 0 spiro atoms. The van der Waals surface area contributed by atoms with Crippen molar-refractivity contribution in [3.05, 3.63) is 29.3 Å². The molecule has 0 atom stereocenters. The van der Waals surface area contributed by atoms with Gasteiger partial charge in [-0.25, -0.2) is 0 Å². The summed E-state index contributed by atoms with van der Waals surface area (Å²) in [7, 11) is -3.98. The number of halogens is 1. The summed E-state index contributed by atoms with van der Waals surface area (Å²) >= 11 is 5.64. The molecule has 0 bridgehead atoms. The minimum atomic E-state index is -3.50. The average molecular weight is 252 g/mol. The SMILES string of the molecule is CS(C)=NS(=O)(=O)c1ccc(Cl)cc1. The van der Waals surface area contributed by atoms with Gasteiger partial charge < -0.3 is 0 Å². The van der Waals surface area contributed by atoms with Gasteiger partial charge in [-0.2, -0.15) is 8.42 Å². The molecule has 14 heavy (non-hydrogen) atoms. The molecule has 1 rings (SSSR count). The second kappa shape index (κ2) is 4.42. The van der Waals surface area contributed by atoms with Crippen LogP contribution in [0.5, 0.6) is 0 Å². The fourth-order valence-electron chi connectivity index (χ4n) is 0.846. The largest absolute Gasteiger partial charge is 0.287 e. The predicted molar refractivity (Wildman–Crippen MR) is 60.3 cm³/mol. The Kier molecular flexibility index (Phi) is 3.69. The van der Waals surface area contributed by atoms with E-state index in [0.29, 0.717) is 5.02 Å². The van der Waals surface area contributed by atoms with E-state index in [9.17, 15) is 8.42 Å². The van der Waals surface area contributed by atoms with Crippen LogP contribution in [0.4, 0.5) is 0 Å². The van der Waals surface area contributed by atoms with Gasteiger partial charge in [0.2, 0.25) is 0 Å². The van der Waals surface area contributed by atoms with E-state index in [1.54, 1.807) is 12.5 Å². The summed E-state index contributed by atoms with van der Waals surface area (Å²) in [4.78, 5) is 0.183. The number of benzene rings is 1. The van der Waals surface area contributed by atoms with Gasteiger partial charge in [0.1, 0.15) is 0 Å². The van der Waals surface area contributed by atoms with Crippen molar-refractivity contribution in [3.8, 4) is 0 Å². The molecule has 0 radical (unpaired) electrons. The molecular formula is C8H10ClNO2S2. The van der Waals surface area contributed by atoms with Crippen LogP contribution in [0.3, 0.4) is 0 Å². The molecule has 0 aliphatic rings. The summed E-state index contributed by atoms with van der Waals surface area (Å²) in [5, 5.41) is 0.510. The quantitative estimate of drug-likeness (QED) is 0.808. The minimum Gasteiger partial charge on any atom is -0.199 e. The van der Waals surface area contributed by atoms with Crippen LogP contribution in [-0.2, 0) is 20.7 Å². The molecule has 0 unspecified atom stereocenters. The maximum absolute atomic E-state index is 11.6. The van der Waals surface area contributed by atoms with E-state index in [0.717, 1.165) is 0 Å². The lowest BCUT2D eigenvalue weighted by Crippen LogP contribution is -1.98. The molecule has 0 aliphatic carbocycles. The van der Waals surface area contributed by atoms with Crippen LogP contribution in [0.25, 0.3) is 0 Å². The van der Waals surface area contributed by atoms with E-state index in [-0.39, 0.29) is 4.90 Å². The summed E-state index contributed by atoms with van der Waals surface area (Å²) in [6.07, 6.45) is 3.49. The molecule has 0 aliphatic heterocycles. The van der Waals surface area contributed by atoms with E-state index in [2.05, 4.69) is 3.77 Å². The first-order valence-electron chi connectivity index (χ1n) is 3.73. The molecule has 78 valence electrons. The smallest absolute Gasteiger partial charge is 0.199 e. The lowest BCUT2D eigenvalue weighted by Gasteiger charge is -1.99. The van der Waals surface area contributed by atoms with E-state index < -0.39 is 20.7 Å². The molecule has 0 N–H and O–H groups in total. The van der Waals surface area contributed by atoms with Gasteiger partial charge in [0.05, 0.1) is 4.90 Å². The Balaban J connectivity index is 3.18. The van der Waals surface area contributed by atoms with Gasteiger partial charge in [0.25, 0.3) is 10.0 Å². The highest BCUT2D eigenvalue weighted by molar-refractivity contribution is 7.99. The summed E-state index contributed by atoms with van der Waals surface area (Å²) in [6, 6.07) is 5.98. The van der Waals surface area contributed by atoms with Crippen LogP contribution in [-0.4, -0.2) is 20.9 Å². The van der Waals surface area contributed by atoms with Gasteiger partial charge in [-0.1, -0.05) is 22.3 Å². The monoisotopic (exact) mass is 251 g/mol. The zero-order valence-electron chi connectivity index (χ0n) is 7.77. The van der Waals surface area contributed by atoms with E-state index >= 15 is 0 Å². The zero-order valence-corrected chi connectivity index (χ0v) is 10.2. The summed E-state index contributed by atoms with van der Waals surface area (Å²) < 4.78 is 26.8. The average Bonchev–Trinajstić information content (AvgIpc) is 2.02. The van der Waals surface area contributed by atoms with Crippen molar-refractivity contribution < 1.29 is 8.42 Å². The predicted octanol–water partition coefficient (Wildman–Crippen LogP) is 2.09. The number of hydrogen-bond donors (Lipinski definition) is 0. The van der Waals surface area contributed by atoms with Crippen LogP contribution in [0.1, 0.15) is 0 Å². The zero-order chi connectivity index (χ0) is 10.8. The van der Waals surface area contributed by atoms with Crippen molar-refractivity contribution in [3.63, 3.8) is 0 Å². The standard InChI is InChI=1S/C8H10ClNO2S2/c1-13(2)10-14(11,12)8-5-3-7(9)4-6-8/h3-6H,1-2H3. The Morgan fingerprint density at radius 1 is 1.21 bits per heavy atom. The van der Waals surface area contributed by atoms with Crippen LogP contribution in [0.15, 0.2) is 32.9 Å². The molecule has 1 aromatic rings. The third-order valence-corrected chi connectivity index (χ3v) is 4.46. The molecule has 0 saturated heterocycles. The molecule has 1 aromatic carbocycles. The van der Waals surface area contributed by atoms with Gasteiger partial charge >= 0.3 is 0 Å². The second-order valence-corrected chi connectivity index (χ2v) is 6.78. The highest BCUT2D eigenvalue weighted by Gasteiger charge is 2.11. The van der Waals surface area contributed by atoms with Crippen LogP contribution < -0.4 is 0 Å². The number of sulfonamides is 1. The first-order valence-corrected chi connectivity index (χ1v) is 7.55. The van der Waals surface area contributed by atoms with Crippen LogP contribution in [0, 0.1) is 0 Å². The minimum absolute atomic E-state index is 0.183. The summed E-state index contributed by atoms with van der Waals surface area (Å²) in [5.41, 5.74) is 0. The van der Waals surface area contributed by atoms with Crippen molar-refractivity contribution in [2.45, 2.75) is 4.90 Å². The molecule has 0 heterocycles. The topological polar surface area (TPSA) is 46.5 Å². The van der Waals surface area contributed by atoms with Crippen molar-refractivity contribution >= 4 is 32.3 Å². The lowest BCUT2D eigenvalue weighted by atomic mass is 10.4. The molecule has 0 fully saturated rings. The summed E-state index contributed by atoms with van der Waals surface area (Å²) in [6.45, 7) is 0. The maximum atomic E-state index is 11.6. The van der Waals surface area contributed by atoms with E-state index in [1.165, 1.54) is 24.3 Å². The van der Waals surface area contributed by atoms with Gasteiger partial charge in [-0.05, 0) is 36.8 Å². The first-order chi connectivity index (χ1) is 6.42. The molecular weight excluding hydrogens is 242 g/mol. The van der Waals surface area contributed by atoms with Gasteiger partial charge in [-0.15, -0.1) is 3.77 Å². The third-order valence-electron chi connectivity index (χ3n) is 1.36. The van der Waals surface area contributed by atoms with E-state index in [4.69, 9.17) is 11.6 Å². The van der Waals surface area contributed by atoms with Crippen LogP contribution in [0.2, 0.25) is 5.02 Å². The number of rotatable bonds is 2. The molecule has 0 saturated carbocycles. The number of hydrogen-bond acceptors (Lipinski definition) is 2. The fourth-order valence-corrected chi connectivity index (χ4v) is 3.37. The van der Waals surface area contributed by atoms with Crippen molar-refractivity contribution in [1.82, 2.24) is 0 Å². The molecule has 0 aromatic heterocycles. The molecule has 6 heteroatoms. The number of nitrogens with zero attached hydrogens (tertiary/aromatic N) is 1. The highest BCUT2D eigenvalue weighted by Crippen LogP contribution is 2.16. The normalized spacial score (nSPS) is 11.7. The van der Waals surface area contributed by atoms with E-state index in [1.807, 2.05) is 0 Å². The van der Waals surface area contributed by atoms with Crippen molar-refractivity contribution in [1.29, 1.82) is 0 Å². The third kappa shape index (κ3) is 3.08. The maximum Gasteiger partial charge on any atom is 0.287 e.